The molecule has 0 radical (unpaired) electrons. The third-order valence-electron chi connectivity index (χ3n) is 6.46. The maximum absolute atomic E-state index is 13.5. The number of nitrogens with one attached hydrogen (secondary N) is 2. The van der Waals surface area contributed by atoms with Gasteiger partial charge in [0.15, 0.2) is 6.61 Å². The SMILES string of the molecule is COc1ccc(S(=O)(=O)N(CC(=O)N/N=C\c2ccc(OCC(=O)NC[C@H]3CCCO3)cc2)c2ccc(C)cc2)cc1. The molecule has 0 aliphatic carbocycles. The minimum atomic E-state index is -4.07. The van der Waals surface area contributed by atoms with Crippen LogP contribution in [0.5, 0.6) is 11.5 Å². The number of ether oxygens (including phenoxy) is 3. The number of methoxy groups -OCH3 is 1. The Kier molecular flexibility index (Phi) is 10.5. The van der Waals surface area contributed by atoms with Gasteiger partial charge in [0.2, 0.25) is 0 Å². The number of aryl methyl sites for hydroxylation is 1. The molecule has 0 bridgehead atoms. The third-order valence-corrected chi connectivity index (χ3v) is 8.25. The number of hydrazone groups is 1. The molecule has 11 nitrogen and oxygen atoms in total. The van der Waals surface area contributed by atoms with Crippen LogP contribution in [0.15, 0.2) is 82.8 Å². The molecule has 1 atom stereocenters. The highest BCUT2D eigenvalue weighted by Crippen LogP contribution is 2.25. The Morgan fingerprint density at radius 2 is 1.69 bits per heavy atom. The van der Waals surface area contributed by atoms with Crippen LogP contribution in [0, 0.1) is 6.92 Å². The highest BCUT2D eigenvalue weighted by Gasteiger charge is 2.27. The van der Waals surface area contributed by atoms with Gasteiger partial charge in [-0.15, -0.1) is 0 Å². The van der Waals surface area contributed by atoms with E-state index in [-0.39, 0.29) is 23.5 Å². The monoisotopic (exact) mass is 594 g/mol. The summed E-state index contributed by atoms with van der Waals surface area (Å²) in [6.45, 7) is 2.48. The summed E-state index contributed by atoms with van der Waals surface area (Å²) in [5.41, 5.74) is 4.33. The van der Waals surface area contributed by atoms with E-state index in [4.69, 9.17) is 14.2 Å². The van der Waals surface area contributed by atoms with Crippen LogP contribution in [0.2, 0.25) is 0 Å². The predicted molar refractivity (Wildman–Crippen MR) is 158 cm³/mol. The molecule has 1 fully saturated rings. The molecule has 2 amide bonds. The zero-order valence-electron chi connectivity index (χ0n) is 23.5. The van der Waals surface area contributed by atoms with Gasteiger partial charge >= 0.3 is 0 Å². The van der Waals surface area contributed by atoms with E-state index in [2.05, 4.69) is 15.8 Å². The molecule has 1 aliphatic rings. The first kappa shape index (κ1) is 30.5. The Labute approximate surface area is 245 Å². The molecule has 0 unspecified atom stereocenters. The molecule has 0 saturated carbocycles. The Hall–Kier alpha value is -4.42. The first-order valence-electron chi connectivity index (χ1n) is 13.4. The van der Waals surface area contributed by atoms with Crippen LogP contribution in [0.4, 0.5) is 5.69 Å². The molecule has 4 rings (SSSR count). The van der Waals surface area contributed by atoms with Gasteiger partial charge < -0.3 is 19.5 Å². The van der Waals surface area contributed by atoms with Crippen molar-refractivity contribution in [1.29, 1.82) is 0 Å². The molecule has 222 valence electrons. The number of amides is 2. The van der Waals surface area contributed by atoms with E-state index in [1.807, 2.05) is 6.92 Å². The molecule has 1 saturated heterocycles. The largest absolute Gasteiger partial charge is 0.497 e. The van der Waals surface area contributed by atoms with Gasteiger partial charge in [0.05, 0.1) is 30.0 Å². The summed E-state index contributed by atoms with van der Waals surface area (Å²) in [4.78, 5) is 24.8. The second kappa shape index (κ2) is 14.5. The van der Waals surface area contributed by atoms with Crippen molar-refractivity contribution >= 4 is 33.7 Å². The summed E-state index contributed by atoms with van der Waals surface area (Å²) in [6, 6.07) is 19.5. The average Bonchev–Trinajstić information content (AvgIpc) is 3.53. The average molecular weight is 595 g/mol. The quantitative estimate of drug-likeness (QED) is 0.229. The molecule has 42 heavy (non-hydrogen) atoms. The highest BCUT2D eigenvalue weighted by atomic mass is 32.2. The van der Waals surface area contributed by atoms with Gasteiger partial charge in [0.25, 0.3) is 21.8 Å². The Bertz CT molecular complexity index is 1470. The summed E-state index contributed by atoms with van der Waals surface area (Å²) >= 11 is 0. The number of rotatable bonds is 13. The normalized spacial score (nSPS) is 14.9. The van der Waals surface area contributed by atoms with E-state index in [1.54, 1.807) is 60.7 Å². The van der Waals surface area contributed by atoms with Crippen LogP contribution in [-0.4, -0.2) is 66.0 Å². The summed E-state index contributed by atoms with van der Waals surface area (Å²) in [5.74, 6) is 0.157. The number of benzene rings is 3. The summed E-state index contributed by atoms with van der Waals surface area (Å²) in [7, 11) is -2.58. The number of anilines is 1. The number of hydrogen-bond donors (Lipinski definition) is 2. The van der Waals surface area contributed by atoms with Gasteiger partial charge in [-0.1, -0.05) is 17.7 Å². The zero-order chi connectivity index (χ0) is 30.0. The lowest BCUT2D eigenvalue weighted by Gasteiger charge is -2.24. The third kappa shape index (κ3) is 8.54. The van der Waals surface area contributed by atoms with Crippen molar-refractivity contribution in [2.24, 2.45) is 5.10 Å². The van der Waals surface area contributed by atoms with Crippen LogP contribution in [-0.2, 0) is 24.3 Å². The van der Waals surface area contributed by atoms with Crippen molar-refractivity contribution in [2.75, 3.05) is 37.7 Å². The van der Waals surface area contributed by atoms with Crippen molar-refractivity contribution < 1.29 is 32.2 Å². The van der Waals surface area contributed by atoms with E-state index in [1.165, 1.54) is 25.5 Å². The summed E-state index contributed by atoms with van der Waals surface area (Å²) < 4.78 is 44.1. The molecular formula is C30H34N4O7S. The van der Waals surface area contributed by atoms with Crippen molar-refractivity contribution in [2.45, 2.75) is 30.8 Å². The Balaban J connectivity index is 1.33. The predicted octanol–water partition coefficient (Wildman–Crippen LogP) is 3.02. The fraction of sp³-hybridized carbons (Fsp3) is 0.300. The molecular weight excluding hydrogens is 560 g/mol. The number of nitrogens with zero attached hydrogens (tertiary/aromatic N) is 2. The molecule has 1 heterocycles. The molecule has 0 spiro atoms. The van der Waals surface area contributed by atoms with Crippen LogP contribution < -0.4 is 24.5 Å². The minimum Gasteiger partial charge on any atom is -0.497 e. The second-order valence-corrected chi connectivity index (χ2v) is 11.5. The first-order valence-corrected chi connectivity index (χ1v) is 14.8. The van der Waals surface area contributed by atoms with E-state index in [9.17, 15) is 18.0 Å². The highest BCUT2D eigenvalue weighted by molar-refractivity contribution is 7.92. The topological polar surface area (TPSA) is 136 Å². The lowest BCUT2D eigenvalue weighted by atomic mass is 10.2. The number of sulfonamides is 1. The van der Waals surface area contributed by atoms with E-state index in [0.29, 0.717) is 29.3 Å². The number of hydrogen-bond acceptors (Lipinski definition) is 8. The summed E-state index contributed by atoms with van der Waals surface area (Å²) in [5, 5.41) is 6.76. The second-order valence-electron chi connectivity index (χ2n) is 9.61. The molecule has 3 aromatic carbocycles. The Morgan fingerprint density at radius 1 is 1.00 bits per heavy atom. The standard InChI is InChI=1S/C30H34N4O7S/c1-22-5-9-24(10-6-22)34(42(37,38)28-15-13-25(39-2)14-16-28)20-29(35)33-32-18-23-7-11-26(12-8-23)41-21-30(36)31-19-27-4-3-17-40-27/h5-16,18,27H,3-4,17,19-21H2,1-2H3,(H,31,36)(H,33,35)/b32-18-/t27-/m1/s1. The van der Waals surface area contributed by atoms with Crippen LogP contribution in [0.25, 0.3) is 0 Å². The first-order chi connectivity index (χ1) is 20.2. The smallest absolute Gasteiger partial charge is 0.264 e. The van der Waals surface area contributed by atoms with E-state index in [0.717, 1.165) is 29.3 Å². The maximum atomic E-state index is 13.5. The van der Waals surface area contributed by atoms with Crippen LogP contribution in [0.1, 0.15) is 24.0 Å². The zero-order valence-corrected chi connectivity index (χ0v) is 24.3. The van der Waals surface area contributed by atoms with Crippen molar-refractivity contribution in [3.05, 3.63) is 83.9 Å². The summed E-state index contributed by atoms with van der Waals surface area (Å²) in [6.07, 6.45) is 3.44. The molecule has 0 aromatic heterocycles. The van der Waals surface area contributed by atoms with Gasteiger partial charge in [-0.05, 0) is 86.0 Å². The van der Waals surface area contributed by atoms with Crippen molar-refractivity contribution in [1.82, 2.24) is 10.7 Å². The molecule has 2 N–H and O–H groups in total. The number of carbonyl (C=O) groups excluding carboxylic acids is 2. The van der Waals surface area contributed by atoms with Gasteiger partial charge in [0, 0.05) is 13.2 Å². The van der Waals surface area contributed by atoms with Gasteiger partial charge in [-0.2, -0.15) is 5.10 Å². The van der Waals surface area contributed by atoms with Crippen LogP contribution in [0.3, 0.4) is 0 Å². The maximum Gasteiger partial charge on any atom is 0.264 e. The fourth-order valence-corrected chi connectivity index (χ4v) is 5.55. The molecule has 12 heteroatoms. The van der Waals surface area contributed by atoms with Crippen LogP contribution >= 0.6 is 0 Å². The lowest BCUT2D eigenvalue weighted by molar-refractivity contribution is -0.123. The molecule has 1 aliphatic heterocycles. The van der Waals surface area contributed by atoms with Crippen molar-refractivity contribution in [3.63, 3.8) is 0 Å². The van der Waals surface area contributed by atoms with Gasteiger partial charge in [-0.25, -0.2) is 13.8 Å². The lowest BCUT2D eigenvalue weighted by Crippen LogP contribution is -2.39. The number of carbonyl (C=O) groups is 2. The van der Waals surface area contributed by atoms with E-state index < -0.39 is 22.5 Å². The van der Waals surface area contributed by atoms with Gasteiger partial charge in [-0.3, -0.25) is 13.9 Å². The molecule has 3 aromatic rings. The fourth-order valence-electron chi connectivity index (χ4n) is 4.13. The Morgan fingerprint density at radius 3 is 2.33 bits per heavy atom. The van der Waals surface area contributed by atoms with Gasteiger partial charge in [0.1, 0.15) is 18.0 Å². The minimum absolute atomic E-state index is 0.0165. The van der Waals surface area contributed by atoms with Crippen molar-refractivity contribution in [3.8, 4) is 11.5 Å². The van der Waals surface area contributed by atoms with E-state index >= 15 is 0 Å².